The summed E-state index contributed by atoms with van der Waals surface area (Å²) in [6.45, 7) is 2.22. The van der Waals surface area contributed by atoms with Gasteiger partial charge in [0.25, 0.3) is 0 Å². The minimum atomic E-state index is -0.0720. The van der Waals surface area contributed by atoms with Crippen molar-refractivity contribution in [3.8, 4) is 0 Å². The summed E-state index contributed by atoms with van der Waals surface area (Å²) in [6.07, 6.45) is 1.35. The Kier molecular flexibility index (Phi) is 4.02. The standard InChI is InChI=1S/C11H18N4O/c1-7(13)6-16-11(5-12)9-4-8(14)2-3-10(9)15/h2-5,7H,6,12-15H2,1H3/b11-5+. The Hall–Kier alpha value is -1.88. The number of hydrogen-bond donors (Lipinski definition) is 4. The molecule has 1 aromatic rings. The van der Waals surface area contributed by atoms with Gasteiger partial charge in [-0.1, -0.05) is 0 Å². The van der Waals surface area contributed by atoms with E-state index in [1.54, 1.807) is 18.2 Å². The molecule has 5 heteroatoms. The van der Waals surface area contributed by atoms with Crippen molar-refractivity contribution in [2.24, 2.45) is 11.5 Å². The van der Waals surface area contributed by atoms with Crippen LogP contribution in [-0.2, 0) is 4.74 Å². The Morgan fingerprint density at radius 2 is 2.12 bits per heavy atom. The maximum atomic E-state index is 5.81. The molecule has 0 bridgehead atoms. The Bertz CT molecular complexity index is 388. The summed E-state index contributed by atoms with van der Waals surface area (Å²) in [5.41, 5.74) is 24.4. The van der Waals surface area contributed by atoms with Crippen LogP contribution in [0.15, 0.2) is 24.4 Å². The first-order valence-corrected chi connectivity index (χ1v) is 5.00. The summed E-state index contributed by atoms with van der Waals surface area (Å²) in [5.74, 6) is 0.488. The summed E-state index contributed by atoms with van der Waals surface area (Å²) in [5, 5.41) is 0. The predicted octanol–water partition coefficient (Wildman–Crippen LogP) is 0.472. The third kappa shape index (κ3) is 3.06. The van der Waals surface area contributed by atoms with E-state index < -0.39 is 0 Å². The molecule has 1 rings (SSSR count). The summed E-state index contributed by atoms with van der Waals surface area (Å²) >= 11 is 0. The highest BCUT2D eigenvalue weighted by Crippen LogP contribution is 2.24. The van der Waals surface area contributed by atoms with E-state index in [0.29, 0.717) is 29.3 Å². The quantitative estimate of drug-likeness (QED) is 0.437. The van der Waals surface area contributed by atoms with E-state index >= 15 is 0 Å². The third-order valence-electron chi connectivity index (χ3n) is 2.00. The van der Waals surface area contributed by atoms with Gasteiger partial charge >= 0.3 is 0 Å². The van der Waals surface area contributed by atoms with Crippen LogP contribution in [0.3, 0.4) is 0 Å². The zero-order valence-electron chi connectivity index (χ0n) is 9.31. The van der Waals surface area contributed by atoms with Gasteiger partial charge < -0.3 is 27.7 Å². The molecule has 88 valence electrons. The molecular weight excluding hydrogens is 204 g/mol. The first-order chi connectivity index (χ1) is 7.54. The van der Waals surface area contributed by atoms with E-state index in [1.807, 2.05) is 6.92 Å². The minimum absolute atomic E-state index is 0.0720. The van der Waals surface area contributed by atoms with Crippen molar-refractivity contribution < 1.29 is 4.74 Å². The van der Waals surface area contributed by atoms with Gasteiger partial charge in [0.05, 0.1) is 0 Å². The second-order valence-corrected chi connectivity index (χ2v) is 3.67. The van der Waals surface area contributed by atoms with Gasteiger partial charge in [-0.15, -0.1) is 0 Å². The molecule has 0 fully saturated rings. The Labute approximate surface area is 95.0 Å². The second-order valence-electron chi connectivity index (χ2n) is 3.67. The molecule has 5 nitrogen and oxygen atoms in total. The predicted molar refractivity (Wildman–Crippen MR) is 67.0 cm³/mol. The monoisotopic (exact) mass is 222 g/mol. The van der Waals surface area contributed by atoms with Crippen LogP contribution in [0.2, 0.25) is 0 Å². The van der Waals surface area contributed by atoms with Gasteiger partial charge in [-0.2, -0.15) is 0 Å². The van der Waals surface area contributed by atoms with Crippen LogP contribution in [-0.4, -0.2) is 12.6 Å². The molecule has 1 atom stereocenters. The van der Waals surface area contributed by atoms with Crippen LogP contribution >= 0.6 is 0 Å². The molecule has 0 aliphatic heterocycles. The van der Waals surface area contributed by atoms with Crippen LogP contribution < -0.4 is 22.9 Å². The van der Waals surface area contributed by atoms with Crippen LogP contribution in [0, 0.1) is 0 Å². The molecular formula is C11H18N4O. The van der Waals surface area contributed by atoms with Crippen LogP contribution in [0.5, 0.6) is 0 Å². The van der Waals surface area contributed by atoms with Crippen molar-refractivity contribution in [1.82, 2.24) is 0 Å². The molecule has 0 aliphatic carbocycles. The molecule has 8 N–H and O–H groups in total. The number of rotatable bonds is 4. The molecule has 0 aromatic heterocycles. The van der Waals surface area contributed by atoms with Gasteiger partial charge in [-0.05, 0) is 25.1 Å². The van der Waals surface area contributed by atoms with E-state index in [2.05, 4.69) is 0 Å². The SMILES string of the molecule is CC(N)CO/C(=C/N)c1cc(N)ccc1N. The summed E-state index contributed by atoms with van der Waals surface area (Å²) in [4.78, 5) is 0. The Balaban J connectivity index is 2.91. The highest BCUT2D eigenvalue weighted by molar-refractivity contribution is 5.73. The number of ether oxygens (including phenoxy) is 1. The van der Waals surface area contributed by atoms with Crippen molar-refractivity contribution in [1.29, 1.82) is 0 Å². The molecule has 0 radical (unpaired) electrons. The number of benzene rings is 1. The average Bonchev–Trinajstić information content (AvgIpc) is 2.23. The van der Waals surface area contributed by atoms with Crippen LogP contribution in [0.25, 0.3) is 5.76 Å². The lowest BCUT2D eigenvalue weighted by molar-refractivity contribution is 0.258. The lowest BCUT2D eigenvalue weighted by Crippen LogP contribution is -2.21. The van der Waals surface area contributed by atoms with Crippen molar-refractivity contribution in [2.45, 2.75) is 13.0 Å². The molecule has 0 spiro atoms. The normalized spacial score (nSPS) is 13.5. The molecule has 0 saturated heterocycles. The van der Waals surface area contributed by atoms with Crippen molar-refractivity contribution in [3.63, 3.8) is 0 Å². The molecule has 0 heterocycles. The fourth-order valence-electron chi connectivity index (χ4n) is 1.22. The average molecular weight is 222 g/mol. The van der Waals surface area contributed by atoms with Crippen molar-refractivity contribution in [2.75, 3.05) is 18.1 Å². The third-order valence-corrected chi connectivity index (χ3v) is 2.00. The van der Waals surface area contributed by atoms with Crippen LogP contribution in [0.1, 0.15) is 12.5 Å². The first-order valence-electron chi connectivity index (χ1n) is 5.00. The largest absolute Gasteiger partial charge is 0.490 e. The van der Waals surface area contributed by atoms with Gasteiger partial charge in [0.1, 0.15) is 12.4 Å². The van der Waals surface area contributed by atoms with E-state index in [-0.39, 0.29) is 6.04 Å². The number of anilines is 2. The molecule has 0 saturated carbocycles. The first kappa shape index (κ1) is 12.2. The molecule has 0 aliphatic rings. The number of nitrogen functional groups attached to an aromatic ring is 2. The number of nitrogens with two attached hydrogens (primary N) is 4. The van der Waals surface area contributed by atoms with Gasteiger partial charge in [-0.25, -0.2) is 0 Å². The van der Waals surface area contributed by atoms with E-state index in [4.69, 9.17) is 27.7 Å². The summed E-state index contributed by atoms with van der Waals surface area (Å²) < 4.78 is 5.45. The minimum Gasteiger partial charge on any atom is -0.490 e. The van der Waals surface area contributed by atoms with Gasteiger partial charge in [-0.3, -0.25) is 0 Å². The summed E-state index contributed by atoms with van der Waals surface area (Å²) in [7, 11) is 0. The summed E-state index contributed by atoms with van der Waals surface area (Å²) in [6, 6.07) is 5.08. The Morgan fingerprint density at radius 3 is 2.69 bits per heavy atom. The molecule has 0 amide bonds. The maximum Gasteiger partial charge on any atom is 0.144 e. The van der Waals surface area contributed by atoms with Crippen molar-refractivity contribution >= 4 is 17.1 Å². The molecule has 16 heavy (non-hydrogen) atoms. The van der Waals surface area contributed by atoms with Crippen LogP contribution in [0.4, 0.5) is 11.4 Å². The van der Waals surface area contributed by atoms with Gasteiger partial charge in [0, 0.05) is 29.2 Å². The number of hydrogen-bond acceptors (Lipinski definition) is 5. The lowest BCUT2D eigenvalue weighted by Gasteiger charge is -2.14. The molecule has 1 unspecified atom stereocenters. The van der Waals surface area contributed by atoms with Gasteiger partial charge in [0.2, 0.25) is 0 Å². The highest BCUT2D eigenvalue weighted by Gasteiger charge is 2.08. The Morgan fingerprint density at radius 1 is 1.44 bits per heavy atom. The van der Waals surface area contributed by atoms with E-state index in [0.717, 1.165) is 0 Å². The van der Waals surface area contributed by atoms with E-state index in [1.165, 1.54) is 6.20 Å². The highest BCUT2D eigenvalue weighted by atomic mass is 16.5. The van der Waals surface area contributed by atoms with Crippen molar-refractivity contribution in [3.05, 3.63) is 30.0 Å². The fraction of sp³-hybridized carbons (Fsp3) is 0.273. The van der Waals surface area contributed by atoms with E-state index in [9.17, 15) is 0 Å². The topological polar surface area (TPSA) is 113 Å². The zero-order valence-corrected chi connectivity index (χ0v) is 9.31. The fourth-order valence-corrected chi connectivity index (χ4v) is 1.22. The lowest BCUT2D eigenvalue weighted by atomic mass is 10.1. The smallest absolute Gasteiger partial charge is 0.144 e. The van der Waals surface area contributed by atoms with Gasteiger partial charge in [0.15, 0.2) is 0 Å². The second kappa shape index (κ2) is 5.27. The molecule has 1 aromatic carbocycles. The maximum absolute atomic E-state index is 5.81. The zero-order chi connectivity index (χ0) is 12.1.